The van der Waals surface area contributed by atoms with Crippen molar-refractivity contribution in [3.8, 4) is 0 Å². The van der Waals surface area contributed by atoms with Gasteiger partial charge in [0.1, 0.15) is 0 Å². The Kier molecular flexibility index (Phi) is 5.69. The standard InChI is InChI=1S/C24H29NO2/c1-5-19(7-6-17(2)3)15-25-22-10-8-20(9-11-22)14-24-13-18(4)12-21(24)16-27-23(24)26/h5-11,21,25H,1,4,12-16H2,2-3H3/b19-7+. The first kappa shape index (κ1) is 19.2. The lowest BCUT2D eigenvalue weighted by molar-refractivity contribution is -0.146. The van der Waals surface area contributed by atoms with Gasteiger partial charge in [-0.25, -0.2) is 0 Å². The van der Waals surface area contributed by atoms with Crippen LogP contribution in [0.2, 0.25) is 0 Å². The van der Waals surface area contributed by atoms with Crippen molar-refractivity contribution in [1.29, 1.82) is 0 Å². The van der Waals surface area contributed by atoms with Crippen molar-refractivity contribution < 1.29 is 9.53 Å². The van der Waals surface area contributed by atoms with Gasteiger partial charge in [-0.05, 0) is 56.4 Å². The largest absolute Gasteiger partial charge is 0.465 e. The molecule has 2 atom stereocenters. The number of ether oxygens (including phenoxy) is 1. The highest BCUT2D eigenvalue weighted by Crippen LogP contribution is 2.52. The van der Waals surface area contributed by atoms with Crippen molar-refractivity contribution in [3.05, 3.63) is 77.9 Å². The maximum atomic E-state index is 12.4. The number of rotatable bonds is 7. The maximum absolute atomic E-state index is 12.4. The predicted molar refractivity (Wildman–Crippen MR) is 112 cm³/mol. The van der Waals surface area contributed by atoms with Crippen LogP contribution < -0.4 is 5.32 Å². The molecule has 1 N–H and O–H groups in total. The molecule has 0 radical (unpaired) electrons. The third-order valence-corrected chi connectivity index (χ3v) is 5.57. The molecule has 0 aromatic heterocycles. The number of hydrogen-bond acceptors (Lipinski definition) is 3. The summed E-state index contributed by atoms with van der Waals surface area (Å²) in [6.07, 6.45) is 8.45. The summed E-state index contributed by atoms with van der Waals surface area (Å²) in [6, 6.07) is 8.36. The van der Waals surface area contributed by atoms with Crippen LogP contribution in [0.4, 0.5) is 5.69 Å². The van der Waals surface area contributed by atoms with Crippen molar-refractivity contribution in [3.63, 3.8) is 0 Å². The van der Waals surface area contributed by atoms with Crippen molar-refractivity contribution >= 4 is 11.7 Å². The predicted octanol–water partition coefficient (Wildman–Crippen LogP) is 5.23. The van der Waals surface area contributed by atoms with E-state index in [-0.39, 0.29) is 11.9 Å². The summed E-state index contributed by atoms with van der Waals surface area (Å²) in [4.78, 5) is 12.4. The second-order valence-electron chi connectivity index (χ2n) is 8.00. The van der Waals surface area contributed by atoms with Crippen LogP contribution in [0.3, 0.4) is 0 Å². The Balaban J connectivity index is 1.65. The van der Waals surface area contributed by atoms with Crippen LogP contribution in [0, 0.1) is 11.3 Å². The van der Waals surface area contributed by atoms with Gasteiger partial charge in [-0.1, -0.05) is 54.7 Å². The van der Waals surface area contributed by atoms with Gasteiger partial charge >= 0.3 is 5.97 Å². The molecule has 0 spiro atoms. The molecular weight excluding hydrogens is 334 g/mol. The Labute approximate surface area is 162 Å². The molecule has 1 aliphatic heterocycles. The lowest BCUT2D eigenvalue weighted by Crippen LogP contribution is -2.31. The second kappa shape index (κ2) is 7.99. The van der Waals surface area contributed by atoms with Crippen LogP contribution in [0.15, 0.2) is 72.4 Å². The number of anilines is 1. The second-order valence-corrected chi connectivity index (χ2v) is 8.00. The molecule has 1 aromatic rings. The molecule has 27 heavy (non-hydrogen) atoms. The van der Waals surface area contributed by atoms with Crippen LogP contribution in [0.25, 0.3) is 0 Å². The van der Waals surface area contributed by atoms with Crippen LogP contribution in [-0.4, -0.2) is 19.1 Å². The lowest BCUT2D eigenvalue weighted by Gasteiger charge is -2.24. The number of carbonyl (C=O) groups excluding carboxylic acids is 1. The number of benzene rings is 1. The molecule has 0 amide bonds. The molecule has 1 heterocycles. The zero-order chi connectivity index (χ0) is 19.4. The number of nitrogens with one attached hydrogen (secondary N) is 1. The molecule has 2 unspecified atom stereocenters. The monoisotopic (exact) mass is 363 g/mol. The number of fused-ring (bicyclic) bond motifs is 1. The van der Waals surface area contributed by atoms with E-state index < -0.39 is 5.41 Å². The molecule has 2 aliphatic rings. The van der Waals surface area contributed by atoms with Gasteiger partial charge in [-0.15, -0.1) is 0 Å². The molecule has 142 valence electrons. The third-order valence-electron chi connectivity index (χ3n) is 5.57. The molecule has 1 saturated carbocycles. The van der Waals surface area contributed by atoms with Crippen LogP contribution in [0.1, 0.15) is 32.3 Å². The highest BCUT2D eigenvalue weighted by molar-refractivity contribution is 5.81. The number of carbonyl (C=O) groups is 1. The van der Waals surface area contributed by atoms with Gasteiger partial charge in [-0.2, -0.15) is 0 Å². The Morgan fingerprint density at radius 2 is 2.04 bits per heavy atom. The average molecular weight is 364 g/mol. The highest BCUT2D eigenvalue weighted by atomic mass is 16.5. The van der Waals surface area contributed by atoms with Gasteiger partial charge in [0.15, 0.2) is 0 Å². The lowest BCUT2D eigenvalue weighted by atomic mass is 9.75. The minimum Gasteiger partial charge on any atom is -0.465 e. The molecule has 1 aliphatic carbocycles. The summed E-state index contributed by atoms with van der Waals surface area (Å²) in [5.41, 5.74) is 5.41. The Bertz CT molecular complexity index is 796. The molecule has 3 rings (SSSR count). The smallest absolute Gasteiger partial charge is 0.313 e. The summed E-state index contributed by atoms with van der Waals surface area (Å²) in [5, 5.41) is 3.43. The highest BCUT2D eigenvalue weighted by Gasteiger charge is 2.55. The summed E-state index contributed by atoms with van der Waals surface area (Å²) in [7, 11) is 0. The quantitative estimate of drug-likeness (QED) is 0.409. The van der Waals surface area contributed by atoms with E-state index >= 15 is 0 Å². The molecule has 0 bridgehead atoms. The van der Waals surface area contributed by atoms with E-state index in [0.717, 1.165) is 37.1 Å². The Morgan fingerprint density at radius 3 is 2.70 bits per heavy atom. The first-order chi connectivity index (χ1) is 12.9. The van der Waals surface area contributed by atoms with E-state index in [9.17, 15) is 4.79 Å². The number of hydrogen-bond donors (Lipinski definition) is 1. The number of esters is 1. The van der Waals surface area contributed by atoms with Crippen molar-refractivity contribution in [1.82, 2.24) is 0 Å². The summed E-state index contributed by atoms with van der Waals surface area (Å²) in [5.74, 6) is 0.235. The van der Waals surface area contributed by atoms with E-state index in [1.54, 1.807) is 0 Å². The molecule has 3 nitrogen and oxygen atoms in total. The van der Waals surface area contributed by atoms with Crippen LogP contribution in [-0.2, 0) is 16.0 Å². The van der Waals surface area contributed by atoms with Crippen LogP contribution >= 0.6 is 0 Å². The van der Waals surface area contributed by atoms with Gasteiger partial charge in [0.05, 0.1) is 12.0 Å². The molecular formula is C24H29NO2. The molecule has 1 aromatic carbocycles. The number of cyclic esters (lactones) is 1. The van der Waals surface area contributed by atoms with E-state index in [2.05, 4.69) is 68.7 Å². The zero-order valence-electron chi connectivity index (χ0n) is 16.4. The van der Waals surface area contributed by atoms with Gasteiger partial charge in [0.25, 0.3) is 0 Å². The topological polar surface area (TPSA) is 38.3 Å². The minimum atomic E-state index is -0.394. The SMILES string of the molecule is C=C/C(=C\C=C(C)C)CNc1ccc(CC23CC(=C)CC2COC3=O)cc1. The Morgan fingerprint density at radius 1 is 1.30 bits per heavy atom. The minimum absolute atomic E-state index is 0.0478. The summed E-state index contributed by atoms with van der Waals surface area (Å²) in [6.45, 7) is 13.4. The van der Waals surface area contributed by atoms with Gasteiger partial charge in [0, 0.05) is 18.2 Å². The van der Waals surface area contributed by atoms with Crippen molar-refractivity contribution in [2.45, 2.75) is 33.1 Å². The van der Waals surface area contributed by atoms with Crippen LogP contribution in [0.5, 0.6) is 0 Å². The van der Waals surface area contributed by atoms with Crippen molar-refractivity contribution in [2.75, 3.05) is 18.5 Å². The Hall–Kier alpha value is -2.55. The van der Waals surface area contributed by atoms with E-state index in [4.69, 9.17) is 4.74 Å². The molecule has 3 heteroatoms. The van der Waals surface area contributed by atoms with E-state index in [1.165, 1.54) is 16.7 Å². The van der Waals surface area contributed by atoms with Crippen molar-refractivity contribution in [2.24, 2.45) is 11.3 Å². The van der Waals surface area contributed by atoms with Gasteiger partial charge in [0.2, 0.25) is 0 Å². The fourth-order valence-corrected chi connectivity index (χ4v) is 4.04. The van der Waals surface area contributed by atoms with E-state index in [0.29, 0.717) is 6.61 Å². The fraction of sp³-hybridized carbons (Fsp3) is 0.375. The zero-order valence-corrected chi connectivity index (χ0v) is 16.4. The number of allylic oxidation sites excluding steroid dienone is 4. The van der Waals surface area contributed by atoms with Gasteiger partial charge < -0.3 is 10.1 Å². The summed E-state index contributed by atoms with van der Waals surface area (Å²) < 4.78 is 5.37. The molecule has 1 saturated heterocycles. The fourth-order valence-electron chi connectivity index (χ4n) is 4.04. The average Bonchev–Trinajstić information content (AvgIpc) is 3.10. The first-order valence-corrected chi connectivity index (χ1v) is 9.56. The van der Waals surface area contributed by atoms with Gasteiger partial charge in [-0.3, -0.25) is 4.79 Å². The third kappa shape index (κ3) is 4.24. The first-order valence-electron chi connectivity index (χ1n) is 9.56. The maximum Gasteiger partial charge on any atom is 0.313 e. The molecule has 2 fully saturated rings. The summed E-state index contributed by atoms with van der Waals surface area (Å²) >= 11 is 0. The normalized spacial score (nSPS) is 24.4. The van der Waals surface area contributed by atoms with E-state index in [1.807, 2.05) is 6.08 Å².